The first-order valence-electron chi connectivity index (χ1n) is 11.0. The average Bonchev–Trinajstić information content (AvgIpc) is 3.32. The zero-order chi connectivity index (χ0) is 19.9. The van der Waals surface area contributed by atoms with E-state index in [-0.39, 0.29) is 0 Å². The number of aliphatic imine (C=N–C) groups is 1. The van der Waals surface area contributed by atoms with Crippen molar-refractivity contribution in [3.05, 3.63) is 11.6 Å². The van der Waals surface area contributed by atoms with Crippen LogP contribution in [0.3, 0.4) is 0 Å². The molecule has 2 fully saturated rings. The van der Waals surface area contributed by atoms with Gasteiger partial charge in [0.25, 0.3) is 0 Å². The molecule has 1 saturated carbocycles. The van der Waals surface area contributed by atoms with Gasteiger partial charge in [0.2, 0.25) is 0 Å². The van der Waals surface area contributed by atoms with E-state index in [0.29, 0.717) is 12.6 Å². The number of hydrogen-bond donors (Lipinski definition) is 2. The lowest BCUT2D eigenvalue weighted by atomic mass is 9.77. The minimum Gasteiger partial charge on any atom is -0.376 e. The number of rotatable bonds is 7. The molecule has 158 valence electrons. The zero-order valence-corrected chi connectivity index (χ0v) is 18.1. The van der Waals surface area contributed by atoms with Gasteiger partial charge in [0.05, 0.1) is 6.10 Å². The molecule has 7 heteroatoms. The number of nitrogens with one attached hydrogen (secondary N) is 2. The van der Waals surface area contributed by atoms with E-state index in [1.165, 1.54) is 25.7 Å². The first-order chi connectivity index (χ1) is 13.5. The van der Waals surface area contributed by atoms with Crippen LogP contribution in [0.4, 0.5) is 0 Å². The maximum absolute atomic E-state index is 5.75. The Hall–Kier alpha value is -1.63. The molecule has 1 saturated heterocycles. The number of hydrogen-bond acceptors (Lipinski definition) is 4. The molecular formula is C21H38N6O. The summed E-state index contributed by atoms with van der Waals surface area (Å²) in [5.41, 5.74) is 0. The van der Waals surface area contributed by atoms with Crippen molar-refractivity contribution in [2.45, 2.75) is 71.9 Å². The lowest BCUT2D eigenvalue weighted by Gasteiger charge is -2.31. The number of nitrogens with zero attached hydrogens (tertiary/aromatic N) is 4. The SMILES string of the molecule is Cc1nnc(CN=C(NCC2CCC(C(C)C)CC2)NCC2CCCO2)n1C. The average molecular weight is 391 g/mol. The summed E-state index contributed by atoms with van der Waals surface area (Å²) >= 11 is 0. The lowest BCUT2D eigenvalue weighted by Crippen LogP contribution is -2.43. The van der Waals surface area contributed by atoms with E-state index in [9.17, 15) is 0 Å². The molecule has 0 amide bonds. The predicted octanol–water partition coefficient (Wildman–Crippen LogP) is 2.80. The molecule has 1 atom stereocenters. The van der Waals surface area contributed by atoms with Crippen LogP contribution in [0.5, 0.6) is 0 Å². The summed E-state index contributed by atoms with van der Waals surface area (Å²) < 4.78 is 7.74. The molecule has 0 radical (unpaired) electrons. The van der Waals surface area contributed by atoms with Crippen molar-refractivity contribution < 1.29 is 4.74 Å². The summed E-state index contributed by atoms with van der Waals surface area (Å²) in [4.78, 5) is 4.77. The topological polar surface area (TPSA) is 76.4 Å². The second-order valence-corrected chi connectivity index (χ2v) is 8.81. The van der Waals surface area contributed by atoms with Crippen molar-refractivity contribution in [1.29, 1.82) is 0 Å². The highest BCUT2D eigenvalue weighted by molar-refractivity contribution is 5.79. The minimum atomic E-state index is 0.297. The standard InChI is InChI=1S/C21H38N6O/c1-15(2)18-9-7-17(8-10-18)12-22-21(23-13-19-6-5-11-28-19)24-14-20-26-25-16(3)27(20)4/h15,17-19H,5-14H2,1-4H3,(H2,22,23,24). The van der Waals surface area contributed by atoms with Gasteiger partial charge in [-0.2, -0.15) is 0 Å². The van der Waals surface area contributed by atoms with E-state index in [2.05, 4.69) is 34.7 Å². The molecule has 3 rings (SSSR count). The molecule has 1 aromatic rings. The Labute approximate surface area is 169 Å². The van der Waals surface area contributed by atoms with Gasteiger partial charge in [0.1, 0.15) is 12.4 Å². The van der Waals surface area contributed by atoms with Gasteiger partial charge in [0, 0.05) is 26.7 Å². The Morgan fingerprint density at radius 1 is 1.14 bits per heavy atom. The van der Waals surface area contributed by atoms with E-state index >= 15 is 0 Å². The van der Waals surface area contributed by atoms with Gasteiger partial charge < -0.3 is 19.9 Å². The maximum atomic E-state index is 5.75. The maximum Gasteiger partial charge on any atom is 0.191 e. The first kappa shape index (κ1) is 21.1. The number of aromatic nitrogens is 3. The number of ether oxygens (including phenoxy) is 1. The van der Waals surface area contributed by atoms with Crippen LogP contribution in [0.25, 0.3) is 0 Å². The second-order valence-electron chi connectivity index (χ2n) is 8.81. The molecule has 0 spiro atoms. The van der Waals surface area contributed by atoms with Crippen LogP contribution >= 0.6 is 0 Å². The molecule has 7 nitrogen and oxygen atoms in total. The molecule has 1 aromatic heterocycles. The van der Waals surface area contributed by atoms with Gasteiger partial charge in [-0.05, 0) is 63.2 Å². The Morgan fingerprint density at radius 2 is 1.89 bits per heavy atom. The van der Waals surface area contributed by atoms with Crippen molar-refractivity contribution >= 4 is 5.96 Å². The van der Waals surface area contributed by atoms with Crippen LogP contribution in [0.2, 0.25) is 0 Å². The summed E-state index contributed by atoms with van der Waals surface area (Å²) in [6.07, 6.45) is 7.93. The fourth-order valence-corrected chi connectivity index (χ4v) is 4.23. The van der Waals surface area contributed by atoms with Gasteiger partial charge in [-0.3, -0.25) is 0 Å². The largest absolute Gasteiger partial charge is 0.376 e. The Bertz CT molecular complexity index is 627. The Kier molecular flexibility index (Phi) is 7.71. The smallest absolute Gasteiger partial charge is 0.191 e. The van der Waals surface area contributed by atoms with Crippen LogP contribution in [0.15, 0.2) is 4.99 Å². The normalized spacial score (nSPS) is 26.0. The van der Waals surface area contributed by atoms with E-state index in [4.69, 9.17) is 9.73 Å². The fourth-order valence-electron chi connectivity index (χ4n) is 4.23. The lowest BCUT2D eigenvalue weighted by molar-refractivity contribution is 0.113. The molecule has 0 bridgehead atoms. The summed E-state index contributed by atoms with van der Waals surface area (Å²) in [5.74, 6) is 5.11. The van der Waals surface area contributed by atoms with Crippen molar-refractivity contribution in [3.8, 4) is 0 Å². The number of guanidine groups is 1. The summed E-state index contributed by atoms with van der Waals surface area (Å²) in [7, 11) is 1.99. The molecule has 2 heterocycles. The molecule has 1 aliphatic carbocycles. The third-order valence-corrected chi connectivity index (χ3v) is 6.47. The fraction of sp³-hybridized carbons (Fsp3) is 0.857. The van der Waals surface area contributed by atoms with Gasteiger partial charge in [-0.25, -0.2) is 4.99 Å². The van der Waals surface area contributed by atoms with E-state index in [1.54, 1.807) is 0 Å². The highest BCUT2D eigenvalue weighted by Gasteiger charge is 2.23. The molecule has 28 heavy (non-hydrogen) atoms. The van der Waals surface area contributed by atoms with E-state index in [0.717, 1.165) is 67.9 Å². The highest BCUT2D eigenvalue weighted by atomic mass is 16.5. The monoisotopic (exact) mass is 390 g/mol. The molecule has 1 unspecified atom stereocenters. The highest BCUT2D eigenvalue weighted by Crippen LogP contribution is 2.32. The summed E-state index contributed by atoms with van der Waals surface area (Å²) in [5, 5.41) is 15.4. The van der Waals surface area contributed by atoms with Crippen LogP contribution < -0.4 is 10.6 Å². The third-order valence-electron chi connectivity index (χ3n) is 6.47. The Morgan fingerprint density at radius 3 is 2.50 bits per heavy atom. The van der Waals surface area contributed by atoms with Crippen LogP contribution in [0, 0.1) is 24.7 Å². The van der Waals surface area contributed by atoms with Crippen molar-refractivity contribution in [1.82, 2.24) is 25.4 Å². The Balaban J connectivity index is 1.52. The van der Waals surface area contributed by atoms with Gasteiger partial charge in [-0.15, -0.1) is 10.2 Å². The van der Waals surface area contributed by atoms with Crippen LogP contribution in [0.1, 0.15) is 64.0 Å². The third kappa shape index (κ3) is 5.93. The second kappa shape index (κ2) is 10.2. The van der Waals surface area contributed by atoms with Gasteiger partial charge in [-0.1, -0.05) is 13.8 Å². The minimum absolute atomic E-state index is 0.297. The molecule has 1 aliphatic heterocycles. The quantitative estimate of drug-likeness (QED) is 0.553. The van der Waals surface area contributed by atoms with E-state index < -0.39 is 0 Å². The van der Waals surface area contributed by atoms with E-state index in [1.807, 2.05) is 18.5 Å². The number of aryl methyl sites for hydroxylation is 1. The zero-order valence-electron chi connectivity index (χ0n) is 18.1. The summed E-state index contributed by atoms with van der Waals surface area (Å²) in [6, 6.07) is 0. The van der Waals surface area contributed by atoms with Crippen molar-refractivity contribution in [2.75, 3.05) is 19.7 Å². The predicted molar refractivity (Wildman–Crippen MR) is 112 cm³/mol. The van der Waals surface area contributed by atoms with Crippen LogP contribution in [-0.2, 0) is 18.3 Å². The molecule has 0 aromatic carbocycles. The van der Waals surface area contributed by atoms with Crippen molar-refractivity contribution in [2.24, 2.45) is 29.8 Å². The molecule has 2 N–H and O–H groups in total. The molecular weight excluding hydrogens is 352 g/mol. The summed E-state index contributed by atoms with van der Waals surface area (Å²) in [6.45, 7) is 9.88. The first-order valence-corrected chi connectivity index (χ1v) is 11.0. The van der Waals surface area contributed by atoms with Crippen LogP contribution in [-0.4, -0.2) is 46.5 Å². The van der Waals surface area contributed by atoms with Gasteiger partial charge in [0.15, 0.2) is 11.8 Å². The van der Waals surface area contributed by atoms with Crippen molar-refractivity contribution in [3.63, 3.8) is 0 Å². The van der Waals surface area contributed by atoms with Gasteiger partial charge >= 0.3 is 0 Å². The molecule has 2 aliphatic rings.